The van der Waals surface area contributed by atoms with E-state index in [1.807, 2.05) is 18.5 Å². The highest BCUT2D eigenvalue weighted by atomic mass is 16.5. The van der Waals surface area contributed by atoms with Crippen molar-refractivity contribution >= 4 is 0 Å². The minimum atomic E-state index is 0.228. The van der Waals surface area contributed by atoms with Gasteiger partial charge in [-0.2, -0.15) is 0 Å². The SMILES string of the molecule is COc1cc(Cn2cnnc2C23CC4CC(CC(C4)C2)C3)cc(OC)c1OC. The molecule has 0 spiro atoms. The van der Waals surface area contributed by atoms with Gasteiger partial charge >= 0.3 is 0 Å². The summed E-state index contributed by atoms with van der Waals surface area (Å²) in [6.45, 7) is 0.709. The van der Waals surface area contributed by atoms with Gasteiger partial charge in [0.15, 0.2) is 11.5 Å². The molecule has 4 aliphatic carbocycles. The summed E-state index contributed by atoms with van der Waals surface area (Å²) < 4.78 is 18.7. The zero-order valence-corrected chi connectivity index (χ0v) is 17.0. The first-order chi connectivity index (χ1) is 13.6. The summed E-state index contributed by atoms with van der Waals surface area (Å²) in [7, 11) is 4.94. The summed E-state index contributed by atoms with van der Waals surface area (Å²) in [6, 6.07) is 4.04. The van der Waals surface area contributed by atoms with Gasteiger partial charge in [0.2, 0.25) is 5.75 Å². The summed E-state index contributed by atoms with van der Waals surface area (Å²) >= 11 is 0. The van der Waals surface area contributed by atoms with Crippen LogP contribution in [0.3, 0.4) is 0 Å². The lowest BCUT2D eigenvalue weighted by Gasteiger charge is -2.56. The predicted molar refractivity (Wildman–Crippen MR) is 105 cm³/mol. The number of hydrogen-bond donors (Lipinski definition) is 0. The first kappa shape index (κ1) is 17.8. The van der Waals surface area contributed by atoms with Gasteiger partial charge in [-0.05, 0) is 74.0 Å². The summed E-state index contributed by atoms with van der Waals surface area (Å²) in [5.74, 6) is 5.83. The monoisotopic (exact) mass is 383 g/mol. The van der Waals surface area contributed by atoms with Gasteiger partial charge in [0.25, 0.3) is 0 Å². The van der Waals surface area contributed by atoms with E-state index in [1.165, 1.54) is 44.3 Å². The van der Waals surface area contributed by atoms with Crippen LogP contribution in [0.4, 0.5) is 0 Å². The van der Waals surface area contributed by atoms with Crippen molar-refractivity contribution in [3.05, 3.63) is 29.8 Å². The lowest BCUT2D eigenvalue weighted by Crippen LogP contribution is -2.49. The maximum absolute atomic E-state index is 5.52. The lowest BCUT2D eigenvalue weighted by atomic mass is 9.49. The molecule has 6 nitrogen and oxygen atoms in total. The predicted octanol–water partition coefficient (Wildman–Crippen LogP) is 3.82. The van der Waals surface area contributed by atoms with Crippen LogP contribution >= 0.6 is 0 Å². The van der Waals surface area contributed by atoms with E-state index in [0.717, 1.165) is 23.3 Å². The van der Waals surface area contributed by atoms with Gasteiger partial charge in [-0.25, -0.2) is 0 Å². The van der Waals surface area contributed by atoms with Crippen molar-refractivity contribution < 1.29 is 14.2 Å². The molecule has 4 fully saturated rings. The van der Waals surface area contributed by atoms with Gasteiger partial charge < -0.3 is 18.8 Å². The van der Waals surface area contributed by atoms with Gasteiger partial charge in [-0.3, -0.25) is 0 Å². The quantitative estimate of drug-likeness (QED) is 0.759. The van der Waals surface area contributed by atoms with Gasteiger partial charge in [-0.1, -0.05) is 0 Å². The first-order valence-electron chi connectivity index (χ1n) is 10.3. The zero-order chi connectivity index (χ0) is 19.3. The number of hydrogen-bond acceptors (Lipinski definition) is 5. The van der Waals surface area contributed by atoms with Crippen LogP contribution in [-0.2, 0) is 12.0 Å². The highest BCUT2D eigenvalue weighted by molar-refractivity contribution is 5.53. The van der Waals surface area contributed by atoms with Crippen molar-refractivity contribution in [1.82, 2.24) is 14.8 Å². The molecule has 4 aliphatic rings. The Labute approximate surface area is 166 Å². The average Bonchev–Trinajstić information content (AvgIpc) is 3.15. The normalized spacial score (nSPS) is 30.5. The van der Waals surface area contributed by atoms with Crippen LogP contribution < -0.4 is 14.2 Å². The van der Waals surface area contributed by atoms with E-state index < -0.39 is 0 Å². The molecule has 0 radical (unpaired) electrons. The van der Waals surface area contributed by atoms with E-state index in [0.29, 0.717) is 23.8 Å². The summed E-state index contributed by atoms with van der Waals surface area (Å²) in [5, 5.41) is 8.97. The van der Waals surface area contributed by atoms with Crippen LogP contribution in [0.5, 0.6) is 17.2 Å². The molecule has 0 aliphatic heterocycles. The summed E-state index contributed by atoms with van der Waals surface area (Å²) in [4.78, 5) is 0. The zero-order valence-electron chi connectivity index (χ0n) is 17.0. The molecule has 0 saturated heterocycles. The minimum Gasteiger partial charge on any atom is -0.493 e. The van der Waals surface area contributed by atoms with Gasteiger partial charge in [0.1, 0.15) is 12.2 Å². The largest absolute Gasteiger partial charge is 0.493 e. The molecule has 0 unspecified atom stereocenters. The van der Waals surface area contributed by atoms with E-state index in [1.54, 1.807) is 21.3 Å². The molecule has 6 rings (SSSR count). The van der Waals surface area contributed by atoms with Crippen LogP contribution in [0.1, 0.15) is 49.9 Å². The third-order valence-electron chi connectivity index (χ3n) is 7.21. The molecule has 2 aromatic rings. The van der Waals surface area contributed by atoms with E-state index in [9.17, 15) is 0 Å². The van der Waals surface area contributed by atoms with Crippen molar-refractivity contribution in [1.29, 1.82) is 0 Å². The Bertz CT molecular complexity index is 815. The van der Waals surface area contributed by atoms with Crippen molar-refractivity contribution in [2.75, 3.05) is 21.3 Å². The Kier molecular flexibility index (Phi) is 4.25. The molecule has 0 N–H and O–H groups in total. The molecule has 0 atom stereocenters. The number of rotatable bonds is 6. The van der Waals surface area contributed by atoms with Crippen LogP contribution in [0.15, 0.2) is 18.5 Å². The van der Waals surface area contributed by atoms with Crippen LogP contribution in [-0.4, -0.2) is 36.1 Å². The Morgan fingerprint density at radius 1 is 0.929 bits per heavy atom. The molecule has 1 aromatic heterocycles. The Morgan fingerprint density at radius 2 is 1.50 bits per heavy atom. The first-order valence-corrected chi connectivity index (χ1v) is 10.3. The van der Waals surface area contributed by atoms with E-state index in [4.69, 9.17) is 14.2 Å². The molecule has 1 heterocycles. The number of ether oxygens (including phenoxy) is 3. The lowest BCUT2D eigenvalue weighted by molar-refractivity contribution is -0.0110. The van der Waals surface area contributed by atoms with E-state index in [2.05, 4.69) is 14.8 Å². The highest BCUT2D eigenvalue weighted by Gasteiger charge is 2.53. The Morgan fingerprint density at radius 3 is 2.00 bits per heavy atom. The molecule has 4 saturated carbocycles. The second kappa shape index (κ2) is 6.68. The van der Waals surface area contributed by atoms with Crippen molar-refractivity contribution in [3.8, 4) is 17.2 Å². The van der Waals surface area contributed by atoms with E-state index >= 15 is 0 Å². The van der Waals surface area contributed by atoms with Gasteiger partial charge in [0.05, 0.1) is 27.9 Å². The Hall–Kier alpha value is -2.24. The highest BCUT2D eigenvalue weighted by Crippen LogP contribution is 2.60. The number of benzene rings is 1. The minimum absolute atomic E-state index is 0.228. The maximum atomic E-state index is 5.52. The van der Waals surface area contributed by atoms with Crippen molar-refractivity contribution in [2.24, 2.45) is 17.8 Å². The fourth-order valence-corrected chi connectivity index (χ4v) is 6.59. The van der Waals surface area contributed by atoms with Gasteiger partial charge in [0, 0.05) is 5.41 Å². The smallest absolute Gasteiger partial charge is 0.203 e. The van der Waals surface area contributed by atoms with Crippen molar-refractivity contribution in [3.63, 3.8) is 0 Å². The topological polar surface area (TPSA) is 58.4 Å². The fraction of sp³-hybridized carbons (Fsp3) is 0.636. The molecular weight excluding hydrogens is 354 g/mol. The summed E-state index contributed by atoms with van der Waals surface area (Å²) in [6.07, 6.45) is 10.0. The maximum Gasteiger partial charge on any atom is 0.203 e. The third-order valence-corrected chi connectivity index (χ3v) is 7.21. The summed E-state index contributed by atoms with van der Waals surface area (Å²) in [5.41, 5.74) is 1.33. The molecule has 28 heavy (non-hydrogen) atoms. The number of aromatic nitrogens is 3. The second-order valence-corrected chi connectivity index (χ2v) is 9.01. The Balaban J connectivity index is 1.48. The fourth-order valence-electron chi connectivity index (χ4n) is 6.59. The molecule has 150 valence electrons. The third kappa shape index (κ3) is 2.76. The van der Waals surface area contributed by atoms with Crippen molar-refractivity contribution in [2.45, 2.75) is 50.5 Å². The second-order valence-electron chi connectivity index (χ2n) is 9.01. The van der Waals surface area contributed by atoms with Crippen LogP contribution in [0.25, 0.3) is 0 Å². The number of nitrogens with zero attached hydrogens (tertiary/aromatic N) is 3. The molecule has 6 heteroatoms. The molecule has 4 bridgehead atoms. The standard InChI is InChI=1S/C22H29N3O3/c1-26-18-7-17(8-19(27-2)20(18)28-3)12-25-13-23-24-21(25)22-9-14-4-15(10-22)6-16(5-14)11-22/h7-8,13-16H,4-6,9-12H2,1-3H3. The van der Waals surface area contributed by atoms with Gasteiger partial charge in [-0.15, -0.1) is 10.2 Å². The number of methoxy groups -OCH3 is 3. The van der Waals surface area contributed by atoms with E-state index in [-0.39, 0.29) is 5.41 Å². The molecular formula is C22H29N3O3. The average molecular weight is 383 g/mol. The van der Waals surface area contributed by atoms with Crippen LogP contribution in [0, 0.1) is 17.8 Å². The molecule has 0 amide bonds. The molecule has 1 aromatic carbocycles. The van der Waals surface area contributed by atoms with Crippen LogP contribution in [0.2, 0.25) is 0 Å².